The Kier molecular flexibility index (Phi) is 6.92. The summed E-state index contributed by atoms with van der Waals surface area (Å²) in [5.41, 5.74) is 1.99. The van der Waals surface area contributed by atoms with Crippen molar-refractivity contribution in [2.24, 2.45) is 0 Å². The van der Waals surface area contributed by atoms with E-state index in [2.05, 4.69) is 13.8 Å². The Labute approximate surface area is 173 Å². The summed E-state index contributed by atoms with van der Waals surface area (Å²) in [7, 11) is -3.39. The van der Waals surface area contributed by atoms with Gasteiger partial charge < -0.3 is 9.64 Å². The van der Waals surface area contributed by atoms with E-state index in [9.17, 15) is 13.2 Å². The highest BCUT2D eigenvalue weighted by Gasteiger charge is 2.29. The van der Waals surface area contributed by atoms with Gasteiger partial charge in [-0.15, -0.1) is 0 Å². The van der Waals surface area contributed by atoms with Gasteiger partial charge in [-0.1, -0.05) is 56.3 Å². The summed E-state index contributed by atoms with van der Waals surface area (Å²) in [6, 6.07) is 16.9. The molecule has 6 nitrogen and oxygen atoms in total. The third-order valence-electron chi connectivity index (χ3n) is 5.09. The van der Waals surface area contributed by atoms with Crippen LogP contribution in [0.1, 0.15) is 30.9 Å². The maximum Gasteiger partial charge on any atom is 0.260 e. The zero-order valence-electron chi connectivity index (χ0n) is 17.0. The molecule has 0 aliphatic carbocycles. The van der Waals surface area contributed by atoms with E-state index >= 15 is 0 Å². The first-order valence-corrected chi connectivity index (χ1v) is 11.5. The zero-order chi connectivity index (χ0) is 20.9. The van der Waals surface area contributed by atoms with E-state index in [1.54, 1.807) is 4.90 Å². The predicted molar refractivity (Wildman–Crippen MR) is 113 cm³/mol. The summed E-state index contributed by atoms with van der Waals surface area (Å²) in [5, 5.41) is 0. The van der Waals surface area contributed by atoms with E-state index in [0.717, 1.165) is 5.56 Å². The van der Waals surface area contributed by atoms with Crippen molar-refractivity contribution >= 4 is 15.9 Å². The van der Waals surface area contributed by atoms with E-state index in [4.69, 9.17) is 4.74 Å². The fraction of sp³-hybridized carbons (Fsp3) is 0.409. The number of piperazine rings is 1. The second kappa shape index (κ2) is 9.41. The minimum absolute atomic E-state index is 0.0166. The van der Waals surface area contributed by atoms with E-state index in [1.165, 1.54) is 9.87 Å². The van der Waals surface area contributed by atoms with Crippen LogP contribution in [0, 0.1) is 0 Å². The van der Waals surface area contributed by atoms with Gasteiger partial charge in [-0.25, -0.2) is 8.42 Å². The molecular formula is C22H28N2O4S. The van der Waals surface area contributed by atoms with Crippen LogP contribution in [0.5, 0.6) is 5.75 Å². The highest BCUT2D eigenvalue weighted by Crippen LogP contribution is 2.19. The van der Waals surface area contributed by atoms with Gasteiger partial charge >= 0.3 is 0 Å². The highest BCUT2D eigenvalue weighted by atomic mass is 32.2. The lowest BCUT2D eigenvalue weighted by molar-refractivity contribution is -0.134. The van der Waals surface area contributed by atoms with Crippen LogP contribution in [0.2, 0.25) is 0 Å². The third-order valence-corrected chi connectivity index (χ3v) is 6.94. The number of amides is 1. The van der Waals surface area contributed by atoms with Crippen LogP contribution in [0.25, 0.3) is 0 Å². The topological polar surface area (TPSA) is 66.9 Å². The van der Waals surface area contributed by atoms with Crippen molar-refractivity contribution < 1.29 is 17.9 Å². The van der Waals surface area contributed by atoms with Crippen molar-refractivity contribution in [1.82, 2.24) is 9.21 Å². The van der Waals surface area contributed by atoms with Gasteiger partial charge in [0.25, 0.3) is 5.91 Å². The summed E-state index contributed by atoms with van der Waals surface area (Å²) in [6.07, 6.45) is 0. The van der Waals surface area contributed by atoms with Crippen molar-refractivity contribution in [3.8, 4) is 5.75 Å². The van der Waals surface area contributed by atoms with Gasteiger partial charge in [0.15, 0.2) is 6.61 Å². The molecule has 0 radical (unpaired) electrons. The number of hydrogen-bond donors (Lipinski definition) is 0. The number of benzene rings is 2. The normalized spacial score (nSPS) is 15.5. The molecule has 1 amide bonds. The molecule has 1 saturated heterocycles. The molecule has 0 bridgehead atoms. The molecular weight excluding hydrogens is 388 g/mol. The average Bonchev–Trinajstić information content (AvgIpc) is 2.73. The molecule has 7 heteroatoms. The summed E-state index contributed by atoms with van der Waals surface area (Å²) in [6.45, 7) is 5.58. The first kappa shape index (κ1) is 21.3. The van der Waals surface area contributed by atoms with Crippen LogP contribution in [0.15, 0.2) is 54.6 Å². The number of carbonyl (C=O) groups is 1. The van der Waals surface area contributed by atoms with Crippen LogP contribution in [0.4, 0.5) is 0 Å². The maximum absolute atomic E-state index is 12.6. The lowest BCUT2D eigenvalue weighted by Gasteiger charge is -2.34. The van der Waals surface area contributed by atoms with E-state index in [-0.39, 0.29) is 18.3 Å². The molecule has 0 unspecified atom stereocenters. The molecule has 2 aromatic carbocycles. The lowest BCUT2D eigenvalue weighted by atomic mass is 10.0. The van der Waals surface area contributed by atoms with Crippen LogP contribution < -0.4 is 4.74 Å². The molecule has 29 heavy (non-hydrogen) atoms. The van der Waals surface area contributed by atoms with Gasteiger partial charge in [-0.05, 0) is 29.2 Å². The van der Waals surface area contributed by atoms with Crippen LogP contribution in [-0.4, -0.2) is 56.3 Å². The number of sulfonamides is 1. The van der Waals surface area contributed by atoms with E-state index < -0.39 is 10.0 Å². The molecule has 1 heterocycles. The molecule has 2 aromatic rings. The van der Waals surface area contributed by atoms with Crippen molar-refractivity contribution in [1.29, 1.82) is 0 Å². The van der Waals surface area contributed by atoms with Crippen molar-refractivity contribution in [3.05, 3.63) is 65.7 Å². The zero-order valence-corrected chi connectivity index (χ0v) is 17.8. The van der Waals surface area contributed by atoms with E-state index in [1.807, 2.05) is 54.6 Å². The number of nitrogens with zero attached hydrogens (tertiary/aromatic N) is 2. The van der Waals surface area contributed by atoms with E-state index in [0.29, 0.717) is 37.8 Å². The van der Waals surface area contributed by atoms with Crippen LogP contribution >= 0.6 is 0 Å². The largest absolute Gasteiger partial charge is 0.484 e. The maximum atomic E-state index is 12.6. The van der Waals surface area contributed by atoms with Crippen molar-refractivity contribution in [2.75, 3.05) is 32.8 Å². The summed E-state index contributed by atoms with van der Waals surface area (Å²) in [4.78, 5) is 14.1. The van der Waals surface area contributed by atoms with Crippen LogP contribution in [0.3, 0.4) is 0 Å². The number of hydrogen-bond acceptors (Lipinski definition) is 4. The van der Waals surface area contributed by atoms with Gasteiger partial charge in [0, 0.05) is 26.2 Å². The Morgan fingerprint density at radius 3 is 2.17 bits per heavy atom. The fourth-order valence-electron chi connectivity index (χ4n) is 3.28. The van der Waals surface area contributed by atoms with Gasteiger partial charge in [-0.2, -0.15) is 4.31 Å². The minimum Gasteiger partial charge on any atom is -0.484 e. The SMILES string of the molecule is CC(C)c1ccc(OCC(=O)N2CCN(S(=O)(=O)Cc3ccccc3)CC2)cc1. The first-order chi connectivity index (χ1) is 13.8. The monoisotopic (exact) mass is 416 g/mol. The summed E-state index contributed by atoms with van der Waals surface area (Å²) in [5.74, 6) is 0.960. The van der Waals surface area contributed by atoms with Gasteiger partial charge in [0.05, 0.1) is 5.75 Å². The first-order valence-electron chi connectivity index (χ1n) is 9.87. The summed E-state index contributed by atoms with van der Waals surface area (Å²) < 4.78 is 32.3. The third kappa shape index (κ3) is 5.81. The molecule has 1 fully saturated rings. The lowest BCUT2D eigenvalue weighted by Crippen LogP contribution is -2.51. The molecule has 0 aromatic heterocycles. The second-order valence-corrected chi connectivity index (χ2v) is 9.50. The Morgan fingerprint density at radius 1 is 0.966 bits per heavy atom. The van der Waals surface area contributed by atoms with Crippen molar-refractivity contribution in [3.63, 3.8) is 0 Å². The Hall–Kier alpha value is -2.38. The van der Waals surface area contributed by atoms with Gasteiger partial charge in [0.2, 0.25) is 10.0 Å². The minimum atomic E-state index is -3.39. The Morgan fingerprint density at radius 2 is 1.59 bits per heavy atom. The molecule has 1 aliphatic heterocycles. The smallest absolute Gasteiger partial charge is 0.260 e. The number of carbonyl (C=O) groups excluding carboxylic acids is 1. The quantitative estimate of drug-likeness (QED) is 0.696. The van der Waals surface area contributed by atoms with Gasteiger partial charge in [0.1, 0.15) is 5.75 Å². The molecule has 0 saturated carbocycles. The molecule has 3 rings (SSSR count). The molecule has 0 spiro atoms. The molecule has 0 atom stereocenters. The standard InChI is InChI=1S/C22H28N2O4S/c1-18(2)20-8-10-21(11-9-20)28-16-22(25)23-12-14-24(15-13-23)29(26,27)17-19-6-4-3-5-7-19/h3-11,18H,12-17H2,1-2H3. The predicted octanol–water partition coefficient (Wildman–Crippen LogP) is 2.86. The number of rotatable bonds is 7. The van der Waals surface area contributed by atoms with Crippen LogP contribution in [-0.2, 0) is 20.6 Å². The number of ether oxygens (including phenoxy) is 1. The second-order valence-electron chi connectivity index (χ2n) is 7.53. The van der Waals surface area contributed by atoms with Gasteiger partial charge in [-0.3, -0.25) is 4.79 Å². The molecule has 0 N–H and O–H groups in total. The average molecular weight is 417 g/mol. The summed E-state index contributed by atoms with van der Waals surface area (Å²) >= 11 is 0. The molecule has 1 aliphatic rings. The Bertz CT molecular complexity index is 904. The molecule has 156 valence electrons. The van der Waals surface area contributed by atoms with Crippen molar-refractivity contribution in [2.45, 2.75) is 25.5 Å². The fourth-order valence-corrected chi connectivity index (χ4v) is 4.79. The Balaban J connectivity index is 1.47. The highest BCUT2D eigenvalue weighted by molar-refractivity contribution is 7.88.